The maximum absolute atomic E-state index is 12.8. The molecule has 1 aliphatic heterocycles. The second-order valence-electron chi connectivity index (χ2n) is 8.62. The van der Waals surface area contributed by atoms with Crippen LogP contribution in [0.1, 0.15) is 35.2 Å². The van der Waals surface area contributed by atoms with E-state index in [9.17, 15) is 9.59 Å². The van der Waals surface area contributed by atoms with Gasteiger partial charge in [-0.25, -0.2) is 4.98 Å². The van der Waals surface area contributed by atoms with E-state index < -0.39 is 0 Å². The lowest BCUT2D eigenvalue weighted by Crippen LogP contribution is -2.46. The van der Waals surface area contributed by atoms with Gasteiger partial charge in [0.25, 0.3) is 5.56 Å². The van der Waals surface area contributed by atoms with E-state index in [0.29, 0.717) is 11.2 Å². The first-order valence-electron chi connectivity index (χ1n) is 10.9. The first-order valence-corrected chi connectivity index (χ1v) is 10.9. The number of hydrogen-bond acceptors (Lipinski definition) is 4. The molecule has 0 saturated carbocycles. The molecular formula is C25H30N4O2. The van der Waals surface area contributed by atoms with Crippen LogP contribution in [0.15, 0.2) is 47.3 Å². The molecule has 0 unspecified atom stereocenters. The Balaban J connectivity index is 1.40. The maximum Gasteiger partial charge on any atom is 0.272 e. The van der Waals surface area contributed by atoms with Crippen molar-refractivity contribution in [2.45, 2.75) is 52.7 Å². The van der Waals surface area contributed by atoms with Gasteiger partial charge in [-0.05, 0) is 62.4 Å². The van der Waals surface area contributed by atoms with E-state index >= 15 is 0 Å². The third kappa shape index (κ3) is 4.85. The molecule has 0 atom stereocenters. The predicted octanol–water partition coefficient (Wildman–Crippen LogP) is 3.10. The lowest BCUT2D eigenvalue weighted by molar-refractivity contribution is -0.122. The van der Waals surface area contributed by atoms with Gasteiger partial charge >= 0.3 is 0 Å². The molecule has 2 aromatic carbocycles. The second kappa shape index (κ2) is 9.02. The lowest BCUT2D eigenvalue weighted by Gasteiger charge is -2.32. The summed E-state index contributed by atoms with van der Waals surface area (Å²) in [6.07, 6.45) is 1.84. The van der Waals surface area contributed by atoms with Crippen LogP contribution in [0.5, 0.6) is 0 Å². The van der Waals surface area contributed by atoms with E-state index in [4.69, 9.17) is 0 Å². The van der Waals surface area contributed by atoms with Crippen LogP contribution >= 0.6 is 0 Å². The summed E-state index contributed by atoms with van der Waals surface area (Å²) in [4.78, 5) is 32.4. The highest BCUT2D eigenvalue weighted by Gasteiger charge is 2.21. The standard InChI is InChI=1S/C25H30N4O2/c1-17-13-22-23(14-18(17)2)29(25(31)19(3)26-22)16-24(30)27-21-9-11-28(12-10-21)15-20-7-5-4-6-8-20/h4-8,13-14,21H,9-12,15-16H2,1-3H3,(H,27,30). The van der Waals surface area contributed by atoms with Gasteiger partial charge in [0.1, 0.15) is 12.2 Å². The Hall–Kier alpha value is -2.99. The van der Waals surface area contributed by atoms with E-state index in [2.05, 4.69) is 39.5 Å². The largest absolute Gasteiger partial charge is 0.352 e. The molecule has 0 bridgehead atoms. The molecule has 0 radical (unpaired) electrons. The zero-order valence-corrected chi connectivity index (χ0v) is 18.5. The summed E-state index contributed by atoms with van der Waals surface area (Å²) in [5.74, 6) is -0.117. The third-order valence-corrected chi connectivity index (χ3v) is 6.23. The number of carbonyl (C=O) groups excluding carboxylic acids is 1. The van der Waals surface area contributed by atoms with Crippen molar-refractivity contribution in [3.63, 3.8) is 0 Å². The molecule has 3 aromatic rings. The monoisotopic (exact) mass is 418 g/mol. The molecule has 0 spiro atoms. The van der Waals surface area contributed by atoms with Crippen molar-refractivity contribution in [3.8, 4) is 0 Å². The van der Waals surface area contributed by atoms with Crippen LogP contribution in [0.3, 0.4) is 0 Å². The zero-order chi connectivity index (χ0) is 22.0. The minimum atomic E-state index is -0.205. The number of nitrogens with one attached hydrogen (secondary N) is 1. The van der Waals surface area contributed by atoms with Gasteiger partial charge in [0.05, 0.1) is 11.0 Å². The molecule has 162 valence electrons. The highest BCUT2D eigenvalue weighted by atomic mass is 16.2. The minimum Gasteiger partial charge on any atom is -0.352 e. The number of benzene rings is 2. The van der Waals surface area contributed by atoms with E-state index in [1.54, 1.807) is 11.5 Å². The fourth-order valence-electron chi connectivity index (χ4n) is 4.28. The molecule has 4 rings (SSSR count). The summed E-state index contributed by atoms with van der Waals surface area (Å²) in [5.41, 5.74) is 5.19. The van der Waals surface area contributed by atoms with Crippen molar-refractivity contribution >= 4 is 16.9 Å². The van der Waals surface area contributed by atoms with Gasteiger partial charge in [0.15, 0.2) is 0 Å². The highest BCUT2D eigenvalue weighted by Crippen LogP contribution is 2.17. The highest BCUT2D eigenvalue weighted by molar-refractivity contribution is 5.81. The number of rotatable bonds is 5. The van der Waals surface area contributed by atoms with Crippen LogP contribution in [0.25, 0.3) is 11.0 Å². The number of amides is 1. The molecule has 2 heterocycles. The summed E-state index contributed by atoms with van der Waals surface area (Å²) in [6.45, 7) is 8.60. The van der Waals surface area contributed by atoms with E-state index in [1.165, 1.54) is 5.56 Å². The molecular weight excluding hydrogens is 388 g/mol. The Morgan fingerprint density at radius 3 is 2.45 bits per heavy atom. The molecule has 1 aromatic heterocycles. The van der Waals surface area contributed by atoms with Crippen molar-refractivity contribution in [3.05, 3.63) is 75.2 Å². The fourth-order valence-corrected chi connectivity index (χ4v) is 4.28. The Morgan fingerprint density at radius 1 is 1.06 bits per heavy atom. The number of aryl methyl sites for hydroxylation is 3. The Kier molecular flexibility index (Phi) is 6.18. The summed E-state index contributed by atoms with van der Waals surface area (Å²) in [7, 11) is 0. The van der Waals surface area contributed by atoms with Crippen LogP contribution in [0, 0.1) is 20.8 Å². The molecule has 1 aliphatic rings. The normalized spacial score (nSPS) is 15.3. The zero-order valence-electron chi connectivity index (χ0n) is 18.5. The van der Waals surface area contributed by atoms with Gasteiger partial charge < -0.3 is 5.32 Å². The van der Waals surface area contributed by atoms with Gasteiger partial charge in [-0.1, -0.05) is 30.3 Å². The minimum absolute atomic E-state index is 0.0193. The van der Waals surface area contributed by atoms with Crippen molar-refractivity contribution in [2.24, 2.45) is 0 Å². The van der Waals surface area contributed by atoms with Gasteiger partial charge in [0.2, 0.25) is 5.91 Å². The number of aromatic nitrogens is 2. The van der Waals surface area contributed by atoms with Crippen LogP contribution in [0.2, 0.25) is 0 Å². The number of likely N-dealkylation sites (tertiary alicyclic amines) is 1. The van der Waals surface area contributed by atoms with Gasteiger partial charge in [-0.2, -0.15) is 0 Å². The van der Waals surface area contributed by atoms with Crippen molar-refractivity contribution < 1.29 is 4.79 Å². The first kappa shape index (κ1) is 21.2. The quantitative estimate of drug-likeness (QED) is 0.691. The van der Waals surface area contributed by atoms with E-state index in [-0.39, 0.29) is 24.1 Å². The summed E-state index contributed by atoms with van der Waals surface area (Å²) in [6, 6.07) is 14.5. The number of carbonyl (C=O) groups is 1. The average Bonchev–Trinajstić information content (AvgIpc) is 2.75. The predicted molar refractivity (Wildman–Crippen MR) is 123 cm³/mol. The molecule has 6 nitrogen and oxygen atoms in total. The molecule has 0 aliphatic carbocycles. The summed E-state index contributed by atoms with van der Waals surface area (Å²) >= 11 is 0. The molecule has 1 N–H and O–H groups in total. The molecule has 1 amide bonds. The fraction of sp³-hybridized carbons (Fsp3) is 0.400. The molecule has 1 saturated heterocycles. The van der Waals surface area contributed by atoms with Crippen molar-refractivity contribution in [1.29, 1.82) is 0 Å². The van der Waals surface area contributed by atoms with Gasteiger partial charge in [-0.3, -0.25) is 19.1 Å². The van der Waals surface area contributed by atoms with Crippen LogP contribution in [-0.4, -0.2) is 39.5 Å². The van der Waals surface area contributed by atoms with Gasteiger partial charge in [0, 0.05) is 25.7 Å². The second-order valence-corrected chi connectivity index (χ2v) is 8.62. The summed E-state index contributed by atoms with van der Waals surface area (Å²) in [5, 5.41) is 3.14. The van der Waals surface area contributed by atoms with Crippen LogP contribution in [0.4, 0.5) is 0 Å². The average molecular weight is 419 g/mol. The van der Waals surface area contributed by atoms with Crippen LogP contribution < -0.4 is 10.9 Å². The van der Waals surface area contributed by atoms with Gasteiger partial charge in [-0.15, -0.1) is 0 Å². The first-order chi connectivity index (χ1) is 14.9. The third-order valence-electron chi connectivity index (χ3n) is 6.23. The Bertz CT molecular complexity index is 1150. The van der Waals surface area contributed by atoms with E-state index in [1.807, 2.05) is 32.0 Å². The smallest absolute Gasteiger partial charge is 0.272 e. The molecule has 1 fully saturated rings. The topological polar surface area (TPSA) is 67.2 Å². The summed E-state index contributed by atoms with van der Waals surface area (Å²) < 4.78 is 1.56. The number of nitrogens with zero attached hydrogens (tertiary/aromatic N) is 3. The number of hydrogen-bond donors (Lipinski definition) is 1. The molecule has 6 heteroatoms. The maximum atomic E-state index is 12.8. The van der Waals surface area contributed by atoms with Crippen molar-refractivity contribution in [1.82, 2.24) is 19.8 Å². The number of piperidine rings is 1. The lowest BCUT2D eigenvalue weighted by atomic mass is 10.0. The number of fused-ring (bicyclic) bond motifs is 1. The van der Waals surface area contributed by atoms with Crippen LogP contribution in [-0.2, 0) is 17.9 Å². The van der Waals surface area contributed by atoms with E-state index in [0.717, 1.165) is 49.1 Å². The molecule has 31 heavy (non-hydrogen) atoms. The Labute approximate surface area is 182 Å². The SMILES string of the molecule is Cc1cc2nc(C)c(=O)n(CC(=O)NC3CCN(Cc4ccccc4)CC3)c2cc1C. The van der Waals surface area contributed by atoms with Crippen molar-refractivity contribution in [2.75, 3.05) is 13.1 Å². The Morgan fingerprint density at radius 2 is 1.74 bits per heavy atom.